The second kappa shape index (κ2) is 9.03. The number of nitrogens with one attached hydrogen (secondary N) is 1. The second-order valence-corrected chi connectivity index (χ2v) is 9.57. The number of methoxy groups -OCH3 is 1. The van der Waals surface area contributed by atoms with Gasteiger partial charge in [-0.15, -0.1) is 5.10 Å². The summed E-state index contributed by atoms with van der Waals surface area (Å²) >= 11 is 7.58. The largest absolute Gasteiger partial charge is 0.497 e. The van der Waals surface area contributed by atoms with E-state index in [1.165, 1.54) is 0 Å². The van der Waals surface area contributed by atoms with Gasteiger partial charge in [-0.2, -0.15) is 0 Å². The number of anilines is 2. The number of fused-ring (bicyclic) bond motifs is 1. The topological polar surface area (TPSA) is 71.8 Å². The molecule has 1 N–H and O–H groups in total. The molecule has 4 aromatic rings. The summed E-state index contributed by atoms with van der Waals surface area (Å²) in [5.74, 6) is 0.753. The molecule has 0 bridgehead atoms. The molecule has 9 heteroatoms. The van der Waals surface area contributed by atoms with Gasteiger partial charge in [0.25, 0.3) is 0 Å². The lowest BCUT2D eigenvalue weighted by Gasteiger charge is -2.31. The number of aromatic nitrogens is 3. The van der Waals surface area contributed by atoms with Crippen molar-refractivity contribution in [3.05, 3.63) is 59.2 Å². The second-order valence-electron chi connectivity index (χ2n) is 8.20. The summed E-state index contributed by atoms with van der Waals surface area (Å²) in [7, 11) is 1.65. The van der Waals surface area contributed by atoms with E-state index in [0.717, 1.165) is 57.7 Å². The molecule has 2 aromatic carbocycles. The van der Waals surface area contributed by atoms with Crippen LogP contribution in [0.25, 0.3) is 16.2 Å². The van der Waals surface area contributed by atoms with Gasteiger partial charge in [-0.05, 0) is 67.8 Å². The minimum absolute atomic E-state index is 0.0354. The van der Waals surface area contributed by atoms with Crippen molar-refractivity contribution in [2.75, 3.05) is 30.4 Å². The number of hydrogen-bond acceptors (Lipinski definition) is 6. The third-order valence-electron chi connectivity index (χ3n) is 5.93. The number of aryl methyl sites for hydroxylation is 1. The molecule has 0 aliphatic carbocycles. The predicted molar refractivity (Wildman–Crippen MR) is 133 cm³/mol. The molecular weight excluding hydrogens is 458 g/mol. The fourth-order valence-electron chi connectivity index (χ4n) is 4.09. The fraction of sp³-hybridized carbons (Fsp3) is 0.292. The lowest BCUT2D eigenvalue weighted by atomic mass is 9.97. The molecule has 2 aromatic heterocycles. The van der Waals surface area contributed by atoms with Gasteiger partial charge < -0.3 is 15.0 Å². The van der Waals surface area contributed by atoms with Crippen molar-refractivity contribution >= 4 is 44.6 Å². The van der Waals surface area contributed by atoms with Crippen LogP contribution in [0.4, 0.5) is 10.8 Å². The summed E-state index contributed by atoms with van der Waals surface area (Å²) in [5.41, 5.74) is 3.65. The van der Waals surface area contributed by atoms with E-state index in [1.54, 1.807) is 24.5 Å². The Hall–Kier alpha value is -3.10. The molecule has 7 nitrogen and oxygen atoms in total. The summed E-state index contributed by atoms with van der Waals surface area (Å²) in [6.07, 6.45) is 3.74. The van der Waals surface area contributed by atoms with Crippen LogP contribution >= 0.6 is 22.9 Å². The molecule has 1 aliphatic heterocycles. The van der Waals surface area contributed by atoms with Gasteiger partial charge >= 0.3 is 0 Å². The van der Waals surface area contributed by atoms with Crippen molar-refractivity contribution in [1.29, 1.82) is 0 Å². The van der Waals surface area contributed by atoms with Crippen molar-refractivity contribution in [3.8, 4) is 17.0 Å². The van der Waals surface area contributed by atoms with Crippen LogP contribution in [0.3, 0.4) is 0 Å². The third-order valence-corrected chi connectivity index (χ3v) is 7.15. The molecule has 5 rings (SSSR count). The van der Waals surface area contributed by atoms with Gasteiger partial charge in [-0.1, -0.05) is 22.9 Å². The maximum Gasteiger partial charge on any atom is 0.229 e. The monoisotopic (exact) mass is 481 g/mol. The molecule has 0 radical (unpaired) electrons. The third kappa shape index (κ3) is 4.54. The van der Waals surface area contributed by atoms with E-state index >= 15 is 0 Å². The molecule has 1 atom stereocenters. The average molecular weight is 482 g/mol. The number of hydrogen-bond donors (Lipinski definition) is 1. The molecule has 1 aliphatic rings. The number of imidazole rings is 1. The summed E-state index contributed by atoms with van der Waals surface area (Å²) in [6, 6.07) is 13.3. The maximum absolute atomic E-state index is 12.9. The first-order valence-electron chi connectivity index (χ1n) is 10.8. The first kappa shape index (κ1) is 21.7. The van der Waals surface area contributed by atoms with Crippen molar-refractivity contribution in [1.82, 2.24) is 14.6 Å². The summed E-state index contributed by atoms with van der Waals surface area (Å²) in [6.45, 7) is 3.46. The zero-order chi connectivity index (χ0) is 22.9. The first-order valence-corrected chi connectivity index (χ1v) is 12.0. The number of ether oxygens (including phenoxy) is 1. The van der Waals surface area contributed by atoms with E-state index in [9.17, 15) is 4.79 Å². The van der Waals surface area contributed by atoms with Crippen LogP contribution in [0.15, 0.2) is 48.7 Å². The SMILES string of the molecule is COc1ccc(-c2cn3nc(N4CCC[C@@H](C(=O)Nc5ccc(Cl)cc5C)C4)sc3n2)cc1. The zero-order valence-corrected chi connectivity index (χ0v) is 20.0. The molecule has 3 heterocycles. The Kier molecular flexibility index (Phi) is 5.95. The van der Waals surface area contributed by atoms with Gasteiger partial charge in [-0.3, -0.25) is 4.79 Å². The number of carbonyl (C=O) groups is 1. The minimum atomic E-state index is -0.0973. The zero-order valence-electron chi connectivity index (χ0n) is 18.4. The standard InChI is InChI=1S/C24H24ClN5O2S/c1-15-12-18(25)7-10-20(15)26-22(31)17-4-3-11-29(13-17)24-28-30-14-21(27-23(30)33-24)16-5-8-19(32-2)9-6-16/h5-10,12,14,17H,3-4,11,13H2,1-2H3,(H,26,31)/t17-/m1/s1. The van der Waals surface area contributed by atoms with Crippen LogP contribution in [-0.4, -0.2) is 40.7 Å². The van der Waals surface area contributed by atoms with Crippen molar-refractivity contribution in [2.24, 2.45) is 5.92 Å². The molecule has 0 spiro atoms. The maximum atomic E-state index is 12.9. The highest BCUT2D eigenvalue weighted by atomic mass is 35.5. The van der Waals surface area contributed by atoms with Gasteiger partial charge in [0.1, 0.15) is 5.75 Å². The quantitative estimate of drug-likeness (QED) is 0.419. The predicted octanol–water partition coefficient (Wildman–Crippen LogP) is 5.28. The summed E-state index contributed by atoms with van der Waals surface area (Å²) in [5, 5.41) is 9.37. The van der Waals surface area contributed by atoms with Gasteiger partial charge in [-0.25, -0.2) is 9.50 Å². The van der Waals surface area contributed by atoms with Crippen LogP contribution in [-0.2, 0) is 4.79 Å². The molecule has 0 unspecified atom stereocenters. The summed E-state index contributed by atoms with van der Waals surface area (Å²) < 4.78 is 7.05. The lowest BCUT2D eigenvalue weighted by molar-refractivity contribution is -0.120. The number of carbonyl (C=O) groups excluding carboxylic acids is 1. The van der Waals surface area contributed by atoms with E-state index in [2.05, 4.69) is 10.2 Å². The van der Waals surface area contributed by atoms with Gasteiger partial charge in [0.2, 0.25) is 16.0 Å². The minimum Gasteiger partial charge on any atom is -0.497 e. The van der Waals surface area contributed by atoms with E-state index in [-0.39, 0.29) is 11.8 Å². The highest BCUT2D eigenvalue weighted by Gasteiger charge is 2.28. The molecule has 33 heavy (non-hydrogen) atoms. The summed E-state index contributed by atoms with van der Waals surface area (Å²) in [4.78, 5) is 20.7. The Bertz CT molecular complexity index is 1270. The molecule has 0 saturated carbocycles. The molecule has 1 amide bonds. The smallest absolute Gasteiger partial charge is 0.229 e. The van der Waals surface area contributed by atoms with E-state index in [4.69, 9.17) is 26.4 Å². The Morgan fingerprint density at radius 3 is 2.79 bits per heavy atom. The van der Waals surface area contributed by atoms with Gasteiger partial charge in [0.15, 0.2) is 0 Å². The molecule has 1 fully saturated rings. The molecule has 1 saturated heterocycles. The van der Waals surface area contributed by atoms with Crippen LogP contribution in [0.5, 0.6) is 5.75 Å². The van der Waals surface area contributed by atoms with Crippen molar-refractivity contribution < 1.29 is 9.53 Å². The van der Waals surface area contributed by atoms with Crippen LogP contribution in [0.1, 0.15) is 18.4 Å². The first-order chi connectivity index (χ1) is 16.0. The number of rotatable bonds is 5. The molecular formula is C24H24ClN5O2S. The Labute approximate surface area is 201 Å². The Morgan fingerprint density at radius 1 is 1.24 bits per heavy atom. The van der Waals surface area contributed by atoms with Crippen LogP contribution in [0, 0.1) is 12.8 Å². The average Bonchev–Trinajstić information content (AvgIpc) is 3.41. The number of nitrogens with zero attached hydrogens (tertiary/aromatic N) is 4. The molecule has 170 valence electrons. The van der Waals surface area contributed by atoms with Crippen molar-refractivity contribution in [3.63, 3.8) is 0 Å². The fourth-order valence-corrected chi connectivity index (χ4v) is 5.23. The van der Waals surface area contributed by atoms with E-state index in [0.29, 0.717) is 11.6 Å². The number of benzene rings is 2. The van der Waals surface area contributed by atoms with E-state index < -0.39 is 0 Å². The highest BCUT2D eigenvalue weighted by molar-refractivity contribution is 7.20. The van der Waals surface area contributed by atoms with Crippen molar-refractivity contribution in [2.45, 2.75) is 19.8 Å². The highest BCUT2D eigenvalue weighted by Crippen LogP contribution is 2.31. The van der Waals surface area contributed by atoms with E-state index in [1.807, 2.05) is 54.0 Å². The van der Waals surface area contributed by atoms with Crippen LogP contribution in [0.2, 0.25) is 5.02 Å². The number of halogens is 1. The Morgan fingerprint density at radius 2 is 2.06 bits per heavy atom. The lowest BCUT2D eigenvalue weighted by Crippen LogP contribution is -2.40. The number of amides is 1. The normalized spacial score (nSPS) is 16.2. The van der Waals surface area contributed by atoms with Crippen LogP contribution < -0.4 is 15.0 Å². The number of piperidine rings is 1. The Balaban J connectivity index is 1.29. The van der Waals surface area contributed by atoms with Gasteiger partial charge in [0, 0.05) is 29.4 Å². The van der Waals surface area contributed by atoms with Gasteiger partial charge in [0.05, 0.1) is 24.9 Å².